The molecule has 37 heavy (non-hydrogen) atoms. The van der Waals surface area contributed by atoms with Gasteiger partial charge in [-0.15, -0.1) is 0 Å². The van der Waals surface area contributed by atoms with E-state index in [1.54, 1.807) is 5.57 Å². The molecule has 0 bridgehead atoms. The van der Waals surface area contributed by atoms with Gasteiger partial charge in [-0.3, -0.25) is 0 Å². The van der Waals surface area contributed by atoms with E-state index >= 15 is 0 Å². The van der Waals surface area contributed by atoms with E-state index in [-0.39, 0.29) is 0 Å². The maximum absolute atomic E-state index is 9.75. The Morgan fingerprint density at radius 3 is 1.62 bits per heavy atom. The molecule has 2 N–H and O–H groups in total. The third kappa shape index (κ3) is 7.57. The van der Waals surface area contributed by atoms with Gasteiger partial charge in [0.1, 0.15) is 17.1 Å². The van der Waals surface area contributed by atoms with Gasteiger partial charge >= 0.3 is 7.25 Å². The summed E-state index contributed by atoms with van der Waals surface area (Å²) < 4.78 is 39.0. The zero-order chi connectivity index (χ0) is 26.1. The molecule has 2 nitrogen and oxygen atoms in total. The van der Waals surface area contributed by atoms with Gasteiger partial charge in [0.25, 0.3) is 0 Å². The summed E-state index contributed by atoms with van der Waals surface area (Å²) in [6.45, 7) is 0. The maximum atomic E-state index is 9.75. The SMILES string of the molecule is C(Nc1ccccc1)=c1cccc([NH+](c2ccccc2)c2ccccc2)c1=C1CCCC1.F[B-](F)(F)F. The van der Waals surface area contributed by atoms with Crippen LogP contribution in [0.1, 0.15) is 25.7 Å². The third-order valence-corrected chi connectivity index (χ3v) is 6.22. The van der Waals surface area contributed by atoms with E-state index in [1.807, 2.05) is 6.07 Å². The Bertz CT molecular complexity index is 1340. The first kappa shape index (κ1) is 26.2. The van der Waals surface area contributed by atoms with E-state index in [0.717, 1.165) is 5.69 Å². The van der Waals surface area contributed by atoms with Gasteiger partial charge in [0.05, 0.1) is 0 Å². The molecule has 0 aliphatic heterocycles. The molecule has 5 rings (SSSR count). The van der Waals surface area contributed by atoms with Gasteiger partial charge in [0.2, 0.25) is 0 Å². The van der Waals surface area contributed by atoms with Gasteiger partial charge in [0, 0.05) is 28.4 Å². The molecule has 0 radical (unpaired) electrons. The van der Waals surface area contributed by atoms with Crippen molar-refractivity contribution in [2.24, 2.45) is 0 Å². The number of hydrogen-bond donors (Lipinski definition) is 2. The van der Waals surface area contributed by atoms with Crippen molar-refractivity contribution in [3.8, 4) is 0 Å². The highest BCUT2D eigenvalue weighted by Crippen LogP contribution is 2.24. The molecule has 0 aromatic heterocycles. The zero-order valence-electron chi connectivity index (χ0n) is 20.4. The van der Waals surface area contributed by atoms with Crippen LogP contribution >= 0.6 is 0 Å². The van der Waals surface area contributed by atoms with Crippen LogP contribution in [0.15, 0.2) is 109 Å². The van der Waals surface area contributed by atoms with Crippen LogP contribution in [0.5, 0.6) is 0 Å². The number of rotatable bonds is 5. The molecule has 1 fully saturated rings. The lowest BCUT2D eigenvalue weighted by molar-refractivity contribution is -0.682. The number of benzene rings is 4. The fourth-order valence-corrected chi connectivity index (χ4v) is 4.73. The molecule has 4 aromatic rings. The highest BCUT2D eigenvalue weighted by Gasteiger charge is 2.22. The van der Waals surface area contributed by atoms with E-state index in [4.69, 9.17) is 0 Å². The number of anilines is 1. The van der Waals surface area contributed by atoms with Gasteiger partial charge < -0.3 is 22.6 Å². The first-order chi connectivity index (χ1) is 17.9. The van der Waals surface area contributed by atoms with Crippen molar-refractivity contribution in [1.82, 2.24) is 0 Å². The van der Waals surface area contributed by atoms with Crippen molar-refractivity contribution in [2.75, 3.05) is 5.32 Å². The van der Waals surface area contributed by atoms with E-state index in [0.29, 0.717) is 0 Å². The lowest BCUT2D eigenvalue weighted by Gasteiger charge is -2.20. The fraction of sp³-hybridized carbons (Fsp3) is 0.133. The Hall–Kier alpha value is -3.84. The number of quaternary nitrogens is 1. The minimum Gasteiger partial charge on any atom is -0.418 e. The fourth-order valence-electron chi connectivity index (χ4n) is 4.73. The molecule has 4 aromatic carbocycles. The normalized spacial score (nSPS) is 13.9. The number of nitrogens with one attached hydrogen (secondary N) is 2. The van der Waals surface area contributed by atoms with Crippen molar-refractivity contribution in [3.63, 3.8) is 0 Å². The van der Waals surface area contributed by atoms with Crippen LogP contribution in [0, 0.1) is 0 Å². The number of para-hydroxylation sites is 3. The van der Waals surface area contributed by atoms with Crippen molar-refractivity contribution in [1.29, 1.82) is 0 Å². The standard InChI is InChI=1S/C30H28N2.BF4/c1-4-16-26(17-5-1)31-23-25-15-12-22-29(30(25)24-13-10-11-14-24)32(27-18-6-2-7-19-27)28-20-8-3-9-21-28;2-1(3,4)5/h1-9,12,15-23,31H,10-11,13-14H2;/q;-1/p+1. The molecule has 1 aliphatic carbocycles. The first-order valence-corrected chi connectivity index (χ1v) is 12.4. The monoisotopic (exact) mass is 504 g/mol. The highest BCUT2D eigenvalue weighted by molar-refractivity contribution is 6.50. The summed E-state index contributed by atoms with van der Waals surface area (Å²) in [7, 11) is -6.00. The van der Waals surface area contributed by atoms with Crippen LogP contribution < -0.4 is 20.7 Å². The van der Waals surface area contributed by atoms with Gasteiger partial charge in [-0.1, -0.05) is 72.3 Å². The molecule has 7 heteroatoms. The minimum atomic E-state index is -6.00. The second-order valence-electron chi connectivity index (χ2n) is 8.84. The van der Waals surface area contributed by atoms with E-state index in [2.05, 4.69) is 115 Å². The summed E-state index contributed by atoms with van der Waals surface area (Å²) in [6.07, 6.45) is 7.09. The van der Waals surface area contributed by atoms with Crippen LogP contribution in [0.25, 0.3) is 11.8 Å². The Morgan fingerprint density at radius 1 is 0.622 bits per heavy atom. The number of hydrogen-bond acceptors (Lipinski definition) is 1. The average molecular weight is 504 g/mol. The lowest BCUT2D eigenvalue weighted by Crippen LogP contribution is -2.98. The Kier molecular flexibility index (Phi) is 8.80. The van der Waals surface area contributed by atoms with Gasteiger partial charge in [0.15, 0.2) is 0 Å². The highest BCUT2D eigenvalue weighted by atomic mass is 19.5. The predicted octanol–water partition coefficient (Wildman–Crippen LogP) is 6.74. The number of halogens is 4. The molecule has 0 unspecified atom stereocenters. The van der Waals surface area contributed by atoms with E-state index in [9.17, 15) is 17.3 Å². The third-order valence-electron chi connectivity index (χ3n) is 6.22. The van der Waals surface area contributed by atoms with Gasteiger partial charge in [-0.05, 0) is 62.1 Å². The smallest absolute Gasteiger partial charge is 0.418 e. The second-order valence-corrected chi connectivity index (χ2v) is 8.84. The van der Waals surface area contributed by atoms with Gasteiger partial charge in [-0.2, -0.15) is 0 Å². The van der Waals surface area contributed by atoms with E-state index < -0.39 is 7.25 Å². The summed E-state index contributed by atoms with van der Waals surface area (Å²) in [5, 5.41) is 6.18. The van der Waals surface area contributed by atoms with Crippen molar-refractivity contribution < 1.29 is 22.2 Å². The summed E-state index contributed by atoms with van der Waals surface area (Å²) in [4.78, 5) is 1.30. The van der Waals surface area contributed by atoms with Gasteiger partial charge in [-0.25, -0.2) is 4.90 Å². The quantitative estimate of drug-likeness (QED) is 0.227. The summed E-state index contributed by atoms with van der Waals surface area (Å²) in [5.41, 5.74) is 6.52. The molecular weight excluding hydrogens is 475 g/mol. The van der Waals surface area contributed by atoms with Crippen LogP contribution in [-0.4, -0.2) is 7.25 Å². The van der Waals surface area contributed by atoms with Crippen molar-refractivity contribution >= 4 is 41.8 Å². The lowest BCUT2D eigenvalue weighted by atomic mass is 10.0. The molecule has 0 spiro atoms. The van der Waals surface area contributed by atoms with Crippen LogP contribution in [-0.2, 0) is 0 Å². The molecule has 0 amide bonds. The summed E-state index contributed by atoms with van der Waals surface area (Å²) in [5.74, 6) is 0. The second kappa shape index (κ2) is 12.4. The van der Waals surface area contributed by atoms with Crippen molar-refractivity contribution in [3.05, 3.63) is 120 Å². The van der Waals surface area contributed by atoms with E-state index in [1.165, 1.54) is 58.1 Å². The first-order valence-electron chi connectivity index (χ1n) is 12.4. The molecule has 1 saturated carbocycles. The Labute approximate surface area is 214 Å². The van der Waals surface area contributed by atoms with Crippen LogP contribution in [0.2, 0.25) is 0 Å². The van der Waals surface area contributed by atoms with Crippen LogP contribution in [0.4, 0.5) is 40.0 Å². The molecule has 0 atom stereocenters. The molecule has 190 valence electrons. The Balaban J connectivity index is 0.000000586. The molecule has 1 aliphatic rings. The average Bonchev–Trinajstić information content (AvgIpc) is 3.43. The predicted molar refractivity (Wildman–Crippen MR) is 145 cm³/mol. The largest absolute Gasteiger partial charge is 0.673 e. The molecule has 0 heterocycles. The molecular formula is C30H29BF4N2. The van der Waals surface area contributed by atoms with Crippen molar-refractivity contribution in [2.45, 2.75) is 25.7 Å². The topological polar surface area (TPSA) is 16.5 Å². The summed E-state index contributed by atoms with van der Waals surface area (Å²) >= 11 is 0. The molecule has 0 saturated heterocycles. The Morgan fingerprint density at radius 2 is 1.11 bits per heavy atom. The minimum absolute atomic E-state index is 1.11. The van der Waals surface area contributed by atoms with Crippen LogP contribution in [0.3, 0.4) is 0 Å². The summed E-state index contributed by atoms with van der Waals surface area (Å²) in [6, 6.07) is 38.7. The maximum Gasteiger partial charge on any atom is 0.673 e. The zero-order valence-corrected chi connectivity index (χ0v) is 20.4.